The highest BCUT2D eigenvalue weighted by Gasteiger charge is 2.40. The lowest BCUT2D eigenvalue weighted by atomic mass is 9.67. The average molecular weight is 402 g/mol. The molecule has 1 saturated carbocycles. The van der Waals surface area contributed by atoms with Crippen molar-refractivity contribution in [2.75, 3.05) is 13.1 Å². The van der Waals surface area contributed by atoms with E-state index in [1.54, 1.807) is 16.8 Å². The Morgan fingerprint density at radius 3 is 2.41 bits per heavy atom. The van der Waals surface area contributed by atoms with Crippen LogP contribution >= 0.6 is 0 Å². The van der Waals surface area contributed by atoms with Crippen molar-refractivity contribution in [3.8, 4) is 0 Å². The first kappa shape index (κ1) is 20.0. The molecule has 7 nitrogen and oxygen atoms in total. The van der Waals surface area contributed by atoms with Crippen molar-refractivity contribution in [1.82, 2.24) is 9.47 Å². The zero-order valence-electron chi connectivity index (χ0n) is 17.5. The number of esters is 1. The van der Waals surface area contributed by atoms with Crippen molar-refractivity contribution in [3.05, 3.63) is 33.7 Å². The number of ether oxygens (including phenoxy) is 2. The van der Waals surface area contributed by atoms with Crippen LogP contribution in [-0.4, -0.2) is 40.2 Å². The van der Waals surface area contributed by atoms with Crippen molar-refractivity contribution < 1.29 is 19.1 Å². The first-order valence-electron chi connectivity index (χ1n) is 10.6. The van der Waals surface area contributed by atoms with Gasteiger partial charge in [0.1, 0.15) is 12.2 Å². The molecular formula is C22H30N2O5. The molecule has 4 rings (SSSR count). The average Bonchev–Trinajstić information content (AvgIpc) is 3.04. The normalized spacial score (nSPS) is 21.8. The van der Waals surface area contributed by atoms with Crippen LogP contribution in [0.3, 0.4) is 0 Å². The van der Waals surface area contributed by atoms with Crippen LogP contribution in [0.1, 0.15) is 81.3 Å². The molecule has 29 heavy (non-hydrogen) atoms. The van der Waals surface area contributed by atoms with Crippen molar-refractivity contribution in [3.63, 3.8) is 0 Å². The zero-order valence-corrected chi connectivity index (χ0v) is 17.5. The number of likely N-dealkylation sites (tertiary alicyclic amines) is 1. The lowest BCUT2D eigenvalue weighted by Crippen LogP contribution is -2.46. The Bertz CT molecular complexity index is 864. The molecular weight excluding hydrogens is 372 g/mol. The summed E-state index contributed by atoms with van der Waals surface area (Å²) in [6.45, 7) is 7.22. The van der Waals surface area contributed by atoms with Gasteiger partial charge in [-0.1, -0.05) is 0 Å². The molecule has 7 heteroatoms. The van der Waals surface area contributed by atoms with E-state index in [1.807, 2.05) is 25.7 Å². The number of fused-ring (bicyclic) bond motifs is 1. The summed E-state index contributed by atoms with van der Waals surface area (Å²) >= 11 is 0. The van der Waals surface area contributed by atoms with E-state index in [4.69, 9.17) is 9.47 Å². The van der Waals surface area contributed by atoms with E-state index in [2.05, 4.69) is 0 Å². The molecule has 3 heterocycles. The van der Waals surface area contributed by atoms with Gasteiger partial charge in [-0.2, -0.15) is 0 Å². The second kappa shape index (κ2) is 7.18. The monoisotopic (exact) mass is 402 g/mol. The Kier molecular flexibility index (Phi) is 4.95. The summed E-state index contributed by atoms with van der Waals surface area (Å²) in [5.41, 5.74) is 0.600. The summed E-state index contributed by atoms with van der Waals surface area (Å²) in [4.78, 5) is 38.6. The van der Waals surface area contributed by atoms with E-state index in [-0.39, 0.29) is 29.7 Å². The molecule has 2 aliphatic heterocycles. The molecule has 1 spiro atoms. The molecule has 1 aliphatic carbocycles. The van der Waals surface area contributed by atoms with Crippen LogP contribution in [-0.2, 0) is 16.1 Å². The third-order valence-corrected chi connectivity index (χ3v) is 6.67. The van der Waals surface area contributed by atoms with Gasteiger partial charge in [0.15, 0.2) is 0 Å². The van der Waals surface area contributed by atoms with Crippen LogP contribution < -0.4 is 5.56 Å². The van der Waals surface area contributed by atoms with Gasteiger partial charge in [-0.3, -0.25) is 4.79 Å². The van der Waals surface area contributed by atoms with Gasteiger partial charge in [0.25, 0.3) is 5.56 Å². The van der Waals surface area contributed by atoms with E-state index in [9.17, 15) is 14.4 Å². The molecule has 0 bridgehead atoms. The van der Waals surface area contributed by atoms with Crippen molar-refractivity contribution in [2.45, 2.75) is 77.5 Å². The van der Waals surface area contributed by atoms with Crippen molar-refractivity contribution >= 4 is 12.1 Å². The third kappa shape index (κ3) is 3.91. The number of hydrogen-bond donors (Lipinski definition) is 0. The van der Waals surface area contributed by atoms with E-state index >= 15 is 0 Å². The number of amides is 1. The van der Waals surface area contributed by atoms with Gasteiger partial charge in [0.2, 0.25) is 0 Å². The number of rotatable bonds is 1. The number of nitrogens with zero attached hydrogens (tertiary/aromatic N) is 2. The van der Waals surface area contributed by atoms with Crippen molar-refractivity contribution in [2.24, 2.45) is 5.41 Å². The predicted octanol–water partition coefficient (Wildman–Crippen LogP) is 3.65. The van der Waals surface area contributed by atoms with Crippen molar-refractivity contribution in [1.29, 1.82) is 0 Å². The molecule has 3 aliphatic rings. The molecule has 0 unspecified atom stereocenters. The fourth-order valence-electron chi connectivity index (χ4n) is 4.91. The Hall–Kier alpha value is -2.31. The Labute approximate surface area is 171 Å². The van der Waals surface area contributed by atoms with Gasteiger partial charge in [-0.15, -0.1) is 0 Å². The smallest absolute Gasteiger partial charge is 0.410 e. The van der Waals surface area contributed by atoms with Crippen LogP contribution in [0.4, 0.5) is 4.79 Å². The van der Waals surface area contributed by atoms with Crippen LogP contribution in [0, 0.1) is 5.41 Å². The highest BCUT2D eigenvalue weighted by Crippen LogP contribution is 2.47. The number of pyridine rings is 1. The number of cyclic esters (lactones) is 1. The number of carbonyl (C=O) groups is 2. The quantitative estimate of drug-likeness (QED) is 0.670. The summed E-state index contributed by atoms with van der Waals surface area (Å²) in [5, 5.41) is 0. The predicted molar refractivity (Wildman–Crippen MR) is 107 cm³/mol. The lowest BCUT2D eigenvalue weighted by Gasteiger charge is -2.46. The first-order chi connectivity index (χ1) is 13.7. The number of piperidine rings is 1. The topological polar surface area (TPSA) is 77.8 Å². The summed E-state index contributed by atoms with van der Waals surface area (Å²) in [6, 6.07) is 1.88. The summed E-state index contributed by atoms with van der Waals surface area (Å²) in [6.07, 6.45) is 7.50. The minimum Gasteiger partial charge on any atom is -0.457 e. The Balaban J connectivity index is 1.37. The molecule has 1 saturated heterocycles. The molecule has 1 amide bonds. The van der Waals surface area contributed by atoms with Gasteiger partial charge < -0.3 is 18.9 Å². The molecule has 0 atom stereocenters. The van der Waals surface area contributed by atoms with Gasteiger partial charge in [-0.05, 0) is 70.8 Å². The maximum atomic E-state index is 12.8. The second-order valence-electron chi connectivity index (χ2n) is 9.70. The molecule has 0 aromatic carbocycles. The second-order valence-corrected chi connectivity index (χ2v) is 9.70. The molecule has 0 N–H and O–H groups in total. The summed E-state index contributed by atoms with van der Waals surface area (Å²) in [7, 11) is 0. The molecule has 0 radical (unpaired) electrons. The van der Waals surface area contributed by atoms with Crippen LogP contribution in [0.2, 0.25) is 0 Å². The van der Waals surface area contributed by atoms with Crippen LogP contribution in [0.15, 0.2) is 17.1 Å². The Morgan fingerprint density at radius 2 is 1.79 bits per heavy atom. The molecule has 158 valence electrons. The van der Waals surface area contributed by atoms with Gasteiger partial charge >= 0.3 is 12.1 Å². The standard InChI is InChI=1S/C22H30N2O5/c1-21(2,3)29-20(27)23-12-9-22(10-13-23)7-4-15(5-8-22)24-11-6-16-17(18(24)25)14-28-19(16)26/h6,11,15H,4-5,7-10,12-14H2,1-3H3. The fraction of sp³-hybridized carbons (Fsp3) is 0.682. The van der Waals surface area contributed by atoms with E-state index in [0.717, 1.165) is 51.6 Å². The fourth-order valence-corrected chi connectivity index (χ4v) is 4.91. The SMILES string of the molecule is CC(C)(C)OC(=O)N1CCC2(CCC(n3ccc4c(c3=O)COC4=O)CC2)CC1. The summed E-state index contributed by atoms with van der Waals surface area (Å²) < 4.78 is 12.3. The highest BCUT2D eigenvalue weighted by atomic mass is 16.6. The molecule has 1 aromatic rings. The lowest BCUT2D eigenvalue weighted by molar-refractivity contribution is 0.00175. The number of aromatic nitrogens is 1. The molecule has 2 fully saturated rings. The molecule has 1 aromatic heterocycles. The van der Waals surface area contributed by atoms with Gasteiger partial charge in [0.05, 0.1) is 11.1 Å². The number of hydrogen-bond acceptors (Lipinski definition) is 5. The highest BCUT2D eigenvalue weighted by molar-refractivity contribution is 5.93. The minimum atomic E-state index is -0.469. The van der Waals surface area contributed by atoms with E-state index in [1.165, 1.54) is 0 Å². The van der Waals surface area contributed by atoms with E-state index < -0.39 is 11.6 Å². The number of carbonyl (C=O) groups excluding carboxylic acids is 2. The maximum absolute atomic E-state index is 12.8. The largest absolute Gasteiger partial charge is 0.457 e. The van der Waals surface area contributed by atoms with Gasteiger partial charge in [-0.25, -0.2) is 9.59 Å². The zero-order chi connectivity index (χ0) is 20.8. The minimum absolute atomic E-state index is 0.0883. The van der Waals surface area contributed by atoms with Crippen LogP contribution in [0.5, 0.6) is 0 Å². The van der Waals surface area contributed by atoms with Gasteiger partial charge in [0, 0.05) is 25.3 Å². The maximum Gasteiger partial charge on any atom is 0.410 e. The third-order valence-electron chi connectivity index (χ3n) is 6.67. The summed E-state index contributed by atoms with van der Waals surface area (Å²) in [5.74, 6) is -0.399. The van der Waals surface area contributed by atoms with E-state index in [0.29, 0.717) is 11.1 Å². The van der Waals surface area contributed by atoms with Crippen LogP contribution in [0.25, 0.3) is 0 Å². The first-order valence-corrected chi connectivity index (χ1v) is 10.6. The Morgan fingerprint density at radius 1 is 1.14 bits per heavy atom.